The van der Waals surface area contributed by atoms with E-state index in [1.807, 2.05) is 42.9 Å². The van der Waals surface area contributed by atoms with Gasteiger partial charge in [-0.15, -0.1) is 0 Å². The van der Waals surface area contributed by atoms with Gasteiger partial charge >= 0.3 is 7.12 Å². The normalized spacial score (nSPS) is 16.5. The van der Waals surface area contributed by atoms with Crippen LogP contribution in [0.3, 0.4) is 0 Å². The molecule has 1 aromatic heterocycles. The van der Waals surface area contributed by atoms with Crippen LogP contribution in [0.4, 0.5) is 0 Å². The molecule has 0 amide bonds. The number of nitrogens with zero attached hydrogens (tertiary/aromatic N) is 2. The van der Waals surface area contributed by atoms with Crippen LogP contribution in [-0.4, -0.2) is 28.1 Å². The van der Waals surface area contributed by atoms with E-state index < -0.39 is 23.9 Å². The summed E-state index contributed by atoms with van der Waals surface area (Å²) in [6.45, 7) is 12.3. The molecule has 1 aliphatic heterocycles. The molecule has 0 bridgehead atoms. The lowest BCUT2D eigenvalue weighted by Gasteiger charge is -2.36. The fourth-order valence-electron chi connectivity index (χ4n) is 4.56. The van der Waals surface area contributed by atoms with E-state index in [1.54, 1.807) is 0 Å². The van der Waals surface area contributed by atoms with E-state index in [9.17, 15) is 0 Å². The van der Waals surface area contributed by atoms with Crippen LogP contribution in [0.5, 0.6) is 0 Å². The van der Waals surface area contributed by atoms with Gasteiger partial charge in [0.1, 0.15) is 5.54 Å². The van der Waals surface area contributed by atoms with E-state index in [1.165, 1.54) is 0 Å². The Morgan fingerprint density at radius 3 is 1.40 bits per heavy atom. The topological polar surface area (TPSA) is 36.3 Å². The minimum atomic E-state index is -0.647. The summed E-state index contributed by atoms with van der Waals surface area (Å²) in [7, 11) is -0.469. The van der Waals surface area contributed by atoms with E-state index in [4.69, 9.17) is 14.4 Å². The summed E-state index contributed by atoms with van der Waals surface area (Å²) >= 11 is 0. The molecule has 1 fully saturated rings. The fourth-order valence-corrected chi connectivity index (χ4v) is 4.56. The van der Waals surface area contributed by atoms with Crippen molar-refractivity contribution in [2.24, 2.45) is 0 Å². The van der Waals surface area contributed by atoms with E-state index in [2.05, 4.69) is 107 Å². The van der Waals surface area contributed by atoms with Crippen LogP contribution in [0.25, 0.3) is 0 Å². The molecule has 5 rings (SSSR count). The van der Waals surface area contributed by atoms with E-state index >= 15 is 0 Å². The smallest absolute Gasteiger partial charge is 0.399 e. The van der Waals surface area contributed by atoms with Gasteiger partial charge in [0.15, 0.2) is 0 Å². The summed E-state index contributed by atoms with van der Waals surface area (Å²) in [5.41, 5.74) is 2.83. The maximum absolute atomic E-state index is 6.32. The Kier molecular flexibility index (Phi) is 7.02. The molecule has 35 heavy (non-hydrogen) atoms. The highest BCUT2D eigenvalue weighted by atomic mass is 16.7. The predicted octanol–water partition coefficient (Wildman–Crippen LogP) is 6.05. The third-order valence-electron chi connectivity index (χ3n) is 7.05. The Labute approximate surface area is 210 Å². The van der Waals surface area contributed by atoms with Gasteiger partial charge in [-0.2, -0.15) is 5.10 Å². The number of aromatic nitrogens is 2. The maximum Gasteiger partial charge on any atom is 0.498 e. The maximum atomic E-state index is 6.32. The second-order valence-corrected chi connectivity index (χ2v) is 9.61. The highest BCUT2D eigenvalue weighted by Crippen LogP contribution is 2.41. The van der Waals surface area contributed by atoms with Crippen LogP contribution in [0.2, 0.25) is 0 Å². The summed E-state index contributed by atoms with van der Waals surface area (Å²) in [6.07, 6.45) is 3.93. The minimum absolute atomic E-state index is 0.408. The molecule has 0 atom stereocenters. The molecule has 0 saturated carbocycles. The van der Waals surface area contributed by atoms with E-state index in [0.29, 0.717) is 0 Å². The highest BCUT2D eigenvalue weighted by Gasteiger charge is 2.52. The van der Waals surface area contributed by atoms with Crippen LogP contribution in [0.15, 0.2) is 103 Å². The molecule has 0 spiro atoms. The van der Waals surface area contributed by atoms with Gasteiger partial charge in [-0.05, 0) is 44.4 Å². The lowest BCUT2D eigenvalue weighted by atomic mass is 9.76. The molecular formula is C30H35BN2O2. The zero-order valence-electron chi connectivity index (χ0n) is 21.6. The first-order valence-electron chi connectivity index (χ1n) is 12.4. The zero-order chi connectivity index (χ0) is 25.1. The van der Waals surface area contributed by atoms with Gasteiger partial charge in [0.2, 0.25) is 0 Å². The molecule has 0 N–H and O–H groups in total. The molecule has 4 aromatic rings. The van der Waals surface area contributed by atoms with Gasteiger partial charge in [0, 0.05) is 17.9 Å². The van der Waals surface area contributed by atoms with Crippen molar-refractivity contribution >= 4 is 12.6 Å². The van der Waals surface area contributed by atoms with Crippen LogP contribution < -0.4 is 5.46 Å². The average molecular weight is 466 g/mol. The van der Waals surface area contributed by atoms with Crippen LogP contribution in [-0.2, 0) is 14.8 Å². The molecular weight excluding hydrogens is 431 g/mol. The van der Waals surface area contributed by atoms with Crippen molar-refractivity contribution in [3.8, 4) is 0 Å². The number of hydrogen-bond acceptors (Lipinski definition) is 3. The lowest BCUT2D eigenvalue weighted by molar-refractivity contribution is 0.00578. The Balaban J connectivity index is 0.00000141. The second-order valence-electron chi connectivity index (χ2n) is 9.61. The monoisotopic (exact) mass is 466 g/mol. The molecule has 1 aliphatic rings. The van der Waals surface area contributed by atoms with Crippen LogP contribution in [0.1, 0.15) is 58.2 Å². The number of benzene rings is 3. The Morgan fingerprint density at radius 2 is 1.03 bits per heavy atom. The molecule has 180 valence electrons. The fraction of sp³-hybridized carbons (Fsp3) is 0.300. The van der Waals surface area contributed by atoms with E-state index in [0.717, 1.165) is 22.2 Å². The quantitative estimate of drug-likeness (QED) is 0.266. The third kappa shape index (κ3) is 4.35. The van der Waals surface area contributed by atoms with Crippen molar-refractivity contribution in [3.05, 3.63) is 120 Å². The molecule has 5 heteroatoms. The second kappa shape index (κ2) is 9.84. The van der Waals surface area contributed by atoms with Crippen LogP contribution >= 0.6 is 0 Å². The van der Waals surface area contributed by atoms with Crippen molar-refractivity contribution in [2.45, 2.75) is 58.3 Å². The van der Waals surface area contributed by atoms with Gasteiger partial charge in [-0.25, -0.2) is 0 Å². The minimum Gasteiger partial charge on any atom is -0.399 e. The first-order chi connectivity index (χ1) is 16.8. The summed E-state index contributed by atoms with van der Waals surface area (Å²) in [5, 5.41) is 4.91. The standard InChI is InChI=1S/C28H29BN2O2.C2H6/c1-26(2)27(3,4)33-29(32-26)25-20-30-31(21-25)28(22-14-8-5-9-15-22,23-16-10-6-11-17-23)24-18-12-7-13-19-24;1-2/h5-21H,1-4H3;1-2H3. The van der Waals surface area contributed by atoms with Crippen molar-refractivity contribution < 1.29 is 9.31 Å². The van der Waals surface area contributed by atoms with Crippen molar-refractivity contribution in [1.29, 1.82) is 0 Å². The summed E-state index contributed by atoms with van der Waals surface area (Å²) in [5.74, 6) is 0. The molecule has 2 heterocycles. The van der Waals surface area contributed by atoms with Gasteiger partial charge < -0.3 is 9.31 Å². The van der Waals surface area contributed by atoms with Crippen molar-refractivity contribution in [2.75, 3.05) is 0 Å². The highest BCUT2D eigenvalue weighted by molar-refractivity contribution is 6.62. The first kappa shape index (κ1) is 25.0. The Morgan fingerprint density at radius 1 is 0.657 bits per heavy atom. The third-order valence-corrected chi connectivity index (χ3v) is 7.05. The average Bonchev–Trinajstić information content (AvgIpc) is 3.45. The summed E-state index contributed by atoms with van der Waals surface area (Å²) in [6, 6.07) is 31.6. The number of rotatable bonds is 5. The largest absolute Gasteiger partial charge is 0.498 e. The Hall–Kier alpha value is -3.15. The molecule has 0 aliphatic carbocycles. The summed E-state index contributed by atoms with van der Waals surface area (Å²) in [4.78, 5) is 0. The van der Waals surface area contributed by atoms with Crippen LogP contribution in [0, 0.1) is 0 Å². The lowest BCUT2D eigenvalue weighted by Crippen LogP contribution is -2.41. The number of hydrogen-bond donors (Lipinski definition) is 0. The Bertz CT molecular complexity index is 1110. The van der Waals surface area contributed by atoms with Crippen molar-refractivity contribution in [3.63, 3.8) is 0 Å². The molecule has 4 nitrogen and oxygen atoms in total. The van der Waals surface area contributed by atoms with Gasteiger partial charge in [0.05, 0.1) is 11.2 Å². The SMILES string of the molecule is CC.CC1(C)OB(c2cnn(C(c3ccccc3)(c3ccccc3)c3ccccc3)c2)OC1(C)C. The molecule has 3 aromatic carbocycles. The predicted molar refractivity (Wildman–Crippen MR) is 144 cm³/mol. The van der Waals surface area contributed by atoms with E-state index in [-0.39, 0.29) is 0 Å². The molecule has 0 unspecified atom stereocenters. The zero-order valence-corrected chi connectivity index (χ0v) is 21.6. The van der Waals surface area contributed by atoms with Gasteiger partial charge in [-0.3, -0.25) is 4.68 Å². The first-order valence-corrected chi connectivity index (χ1v) is 12.4. The molecule has 1 saturated heterocycles. The molecule has 0 radical (unpaired) electrons. The summed E-state index contributed by atoms with van der Waals surface area (Å²) < 4.78 is 14.7. The van der Waals surface area contributed by atoms with Gasteiger partial charge in [-0.1, -0.05) is 105 Å². The van der Waals surface area contributed by atoms with Crippen molar-refractivity contribution in [1.82, 2.24) is 9.78 Å². The van der Waals surface area contributed by atoms with Gasteiger partial charge in [0.25, 0.3) is 0 Å².